The molecule has 1 atom stereocenters. The number of hydrogen-bond acceptors (Lipinski definition) is 3. The lowest BCUT2D eigenvalue weighted by Gasteiger charge is -2.32. The second kappa shape index (κ2) is 6.86. The van der Waals surface area contributed by atoms with Gasteiger partial charge in [-0.3, -0.25) is 14.4 Å². The third-order valence-corrected chi connectivity index (χ3v) is 4.15. The van der Waals surface area contributed by atoms with E-state index in [1.165, 1.54) is 11.8 Å². The maximum absolute atomic E-state index is 12.3. The van der Waals surface area contributed by atoms with Gasteiger partial charge >= 0.3 is 5.97 Å². The molecular formula is C18H22N2O4. The van der Waals surface area contributed by atoms with Gasteiger partial charge in [0.05, 0.1) is 17.9 Å². The Balaban J connectivity index is 2.13. The number of amides is 2. The first kappa shape index (κ1) is 17.7. The highest BCUT2D eigenvalue weighted by molar-refractivity contribution is 5.82. The van der Waals surface area contributed by atoms with Gasteiger partial charge in [-0.2, -0.15) is 0 Å². The molecule has 1 aromatic carbocycles. The van der Waals surface area contributed by atoms with Crippen molar-refractivity contribution in [3.63, 3.8) is 0 Å². The van der Waals surface area contributed by atoms with E-state index in [0.29, 0.717) is 0 Å². The smallest absolute Gasteiger partial charge is 0.310 e. The molecule has 24 heavy (non-hydrogen) atoms. The predicted octanol–water partition coefficient (Wildman–Crippen LogP) is 2.18. The van der Waals surface area contributed by atoms with Crippen molar-refractivity contribution in [3.05, 3.63) is 41.6 Å². The average molecular weight is 330 g/mol. The van der Waals surface area contributed by atoms with Crippen molar-refractivity contribution < 1.29 is 19.5 Å². The van der Waals surface area contributed by atoms with Crippen LogP contribution in [0.5, 0.6) is 0 Å². The summed E-state index contributed by atoms with van der Waals surface area (Å²) in [5.41, 5.74) is 0.835. The zero-order valence-corrected chi connectivity index (χ0v) is 14.1. The molecule has 0 aromatic heterocycles. The number of carboxylic acids is 1. The lowest BCUT2D eigenvalue weighted by atomic mass is 9.92. The molecule has 2 amide bonds. The van der Waals surface area contributed by atoms with Crippen LogP contribution >= 0.6 is 0 Å². The topological polar surface area (TPSA) is 86.7 Å². The Morgan fingerprint density at radius 1 is 1.25 bits per heavy atom. The second-order valence-electron chi connectivity index (χ2n) is 6.56. The summed E-state index contributed by atoms with van der Waals surface area (Å²) in [6.07, 6.45) is 3.61. The summed E-state index contributed by atoms with van der Waals surface area (Å²) < 4.78 is 0. The molecule has 6 heteroatoms. The van der Waals surface area contributed by atoms with Crippen molar-refractivity contribution in [2.75, 3.05) is 6.54 Å². The number of nitrogens with zero attached hydrogens (tertiary/aromatic N) is 1. The molecule has 0 fully saturated rings. The Kier molecular flexibility index (Phi) is 5.07. The quantitative estimate of drug-likeness (QED) is 0.866. The van der Waals surface area contributed by atoms with Gasteiger partial charge in [-0.05, 0) is 31.1 Å². The van der Waals surface area contributed by atoms with Crippen LogP contribution in [0.2, 0.25) is 0 Å². The van der Waals surface area contributed by atoms with Gasteiger partial charge in [0, 0.05) is 19.7 Å². The maximum atomic E-state index is 12.3. The lowest BCUT2D eigenvalue weighted by Crippen LogP contribution is -2.41. The van der Waals surface area contributed by atoms with Crippen molar-refractivity contribution in [2.24, 2.45) is 5.41 Å². The average Bonchev–Trinajstić information content (AvgIpc) is 2.53. The van der Waals surface area contributed by atoms with Crippen LogP contribution in [0, 0.1) is 5.41 Å². The summed E-state index contributed by atoms with van der Waals surface area (Å²) in [5.74, 6) is -1.41. The molecule has 0 aliphatic carbocycles. The number of rotatable bonds is 5. The predicted molar refractivity (Wildman–Crippen MR) is 89.8 cm³/mol. The van der Waals surface area contributed by atoms with Gasteiger partial charge in [0.15, 0.2) is 0 Å². The number of aliphatic carboxylic acids is 1. The van der Waals surface area contributed by atoms with Gasteiger partial charge < -0.3 is 15.3 Å². The molecule has 1 aliphatic rings. The van der Waals surface area contributed by atoms with Crippen LogP contribution in [0.4, 0.5) is 0 Å². The summed E-state index contributed by atoms with van der Waals surface area (Å²) in [7, 11) is 0. The number of benzene rings is 1. The second-order valence-corrected chi connectivity index (χ2v) is 6.56. The van der Waals surface area contributed by atoms with Gasteiger partial charge in [-0.1, -0.05) is 24.3 Å². The number of carboxylic acid groups (broad SMARTS) is 1. The van der Waals surface area contributed by atoms with Crippen molar-refractivity contribution in [2.45, 2.75) is 33.2 Å². The highest BCUT2D eigenvalue weighted by atomic mass is 16.4. The van der Waals surface area contributed by atoms with Gasteiger partial charge in [0.25, 0.3) is 0 Å². The molecule has 0 saturated heterocycles. The van der Waals surface area contributed by atoms with Crippen LogP contribution < -0.4 is 5.32 Å². The molecule has 128 valence electrons. The van der Waals surface area contributed by atoms with Crippen molar-refractivity contribution >= 4 is 23.9 Å². The van der Waals surface area contributed by atoms with Crippen LogP contribution in [0.15, 0.2) is 30.5 Å². The third-order valence-electron chi connectivity index (χ3n) is 4.15. The van der Waals surface area contributed by atoms with Crippen LogP contribution in [0.25, 0.3) is 6.08 Å². The Hall–Kier alpha value is -2.63. The zero-order chi connectivity index (χ0) is 17.9. The maximum Gasteiger partial charge on any atom is 0.310 e. The Bertz CT molecular complexity index is 694. The SMILES string of the molecule is CC(=O)N1C=Cc2ccccc2C1CC(=O)NCC(C)(C)C(=O)O. The summed E-state index contributed by atoms with van der Waals surface area (Å²) in [6, 6.07) is 7.21. The first-order valence-corrected chi connectivity index (χ1v) is 7.78. The Labute approximate surface area is 141 Å². The van der Waals surface area contributed by atoms with Crippen LogP contribution in [0.3, 0.4) is 0 Å². The molecule has 0 radical (unpaired) electrons. The number of fused-ring (bicyclic) bond motifs is 1. The first-order valence-electron chi connectivity index (χ1n) is 7.78. The Morgan fingerprint density at radius 3 is 2.54 bits per heavy atom. The van der Waals surface area contributed by atoms with Crippen molar-refractivity contribution in [1.82, 2.24) is 10.2 Å². The minimum absolute atomic E-state index is 0.0332. The van der Waals surface area contributed by atoms with E-state index < -0.39 is 17.4 Å². The fraction of sp³-hybridized carbons (Fsp3) is 0.389. The third kappa shape index (κ3) is 3.82. The monoisotopic (exact) mass is 330 g/mol. The van der Waals surface area contributed by atoms with E-state index in [9.17, 15) is 14.4 Å². The minimum atomic E-state index is -1.04. The van der Waals surface area contributed by atoms with Gasteiger partial charge in [-0.25, -0.2) is 0 Å². The molecule has 2 N–H and O–H groups in total. The van der Waals surface area contributed by atoms with Crippen LogP contribution in [-0.4, -0.2) is 34.3 Å². The number of carbonyl (C=O) groups excluding carboxylic acids is 2. The number of carbonyl (C=O) groups is 3. The molecular weight excluding hydrogens is 308 g/mol. The van der Waals surface area contributed by atoms with E-state index in [0.717, 1.165) is 11.1 Å². The fourth-order valence-electron chi connectivity index (χ4n) is 2.56. The van der Waals surface area contributed by atoms with E-state index >= 15 is 0 Å². The van der Waals surface area contributed by atoms with Crippen LogP contribution in [-0.2, 0) is 14.4 Å². The molecule has 2 rings (SSSR count). The first-order chi connectivity index (χ1) is 11.2. The minimum Gasteiger partial charge on any atom is -0.481 e. The van der Waals surface area contributed by atoms with Crippen molar-refractivity contribution in [3.8, 4) is 0 Å². The van der Waals surface area contributed by atoms with Crippen molar-refractivity contribution in [1.29, 1.82) is 0 Å². The van der Waals surface area contributed by atoms with Gasteiger partial charge in [0.1, 0.15) is 0 Å². The van der Waals surface area contributed by atoms with Gasteiger partial charge in [-0.15, -0.1) is 0 Å². The summed E-state index contributed by atoms with van der Waals surface area (Å²) in [4.78, 5) is 36.8. The molecule has 1 aliphatic heterocycles. The van der Waals surface area contributed by atoms with E-state index in [-0.39, 0.29) is 24.8 Å². The molecule has 0 spiro atoms. The van der Waals surface area contributed by atoms with E-state index in [2.05, 4.69) is 5.32 Å². The highest BCUT2D eigenvalue weighted by Crippen LogP contribution is 2.32. The standard InChI is InChI=1S/C18H22N2O4/c1-12(21)20-9-8-13-6-4-5-7-14(13)15(20)10-16(22)19-11-18(2,3)17(23)24/h4-9,15H,10-11H2,1-3H3,(H,19,22)(H,23,24). The van der Waals surface area contributed by atoms with Crippen LogP contribution in [0.1, 0.15) is 44.4 Å². The van der Waals surface area contributed by atoms with E-state index in [1.54, 1.807) is 20.0 Å². The highest BCUT2D eigenvalue weighted by Gasteiger charge is 2.30. The number of hydrogen-bond donors (Lipinski definition) is 2. The van der Waals surface area contributed by atoms with Gasteiger partial charge in [0.2, 0.25) is 11.8 Å². The zero-order valence-electron chi connectivity index (χ0n) is 14.1. The lowest BCUT2D eigenvalue weighted by molar-refractivity contribution is -0.146. The summed E-state index contributed by atoms with van der Waals surface area (Å²) >= 11 is 0. The molecule has 0 bridgehead atoms. The summed E-state index contributed by atoms with van der Waals surface area (Å²) in [5, 5.41) is 11.8. The molecule has 6 nitrogen and oxygen atoms in total. The summed E-state index contributed by atoms with van der Waals surface area (Å²) in [6.45, 7) is 4.59. The molecule has 1 aromatic rings. The normalized spacial score (nSPS) is 16.5. The number of nitrogens with one attached hydrogen (secondary N) is 1. The molecule has 0 saturated carbocycles. The van der Waals surface area contributed by atoms with E-state index in [4.69, 9.17) is 5.11 Å². The Morgan fingerprint density at radius 2 is 1.92 bits per heavy atom. The van der Waals surface area contributed by atoms with E-state index in [1.807, 2.05) is 30.3 Å². The molecule has 1 unspecified atom stereocenters. The largest absolute Gasteiger partial charge is 0.481 e. The molecule has 1 heterocycles. The fourth-order valence-corrected chi connectivity index (χ4v) is 2.56.